The van der Waals surface area contributed by atoms with Crippen LogP contribution in [0.2, 0.25) is 19.6 Å². The van der Waals surface area contributed by atoms with Gasteiger partial charge in [0.25, 0.3) is 0 Å². The Hall–Kier alpha value is 0.327. The van der Waals surface area contributed by atoms with E-state index in [0.717, 1.165) is 5.75 Å². The van der Waals surface area contributed by atoms with Crippen molar-refractivity contribution in [1.29, 1.82) is 0 Å². The van der Waals surface area contributed by atoms with Gasteiger partial charge in [0.05, 0.1) is 0 Å². The summed E-state index contributed by atoms with van der Waals surface area (Å²) in [6.45, 7) is 7.09. The van der Waals surface area contributed by atoms with Gasteiger partial charge in [0, 0.05) is 12.4 Å². The summed E-state index contributed by atoms with van der Waals surface area (Å²) in [5.41, 5.74) is 0. The van der Waals surface area contributed by atoms with Gasteiger partial charge in [-0.2, -0.15) is 0 Å². The van der Waals surface area contributed by atoms with Gasteiger partial charge < -0.3 is 4.43 Å². The molecule has 0 radical (unpaired) electrons. The average molecular weight is 196 g/mol. The molecule has 0 saturated carbocycles. The summed E-state index contributed by atoms with van der Waals surface area (Å²) >= 11 is 0. The second-order valence-corrected chi connectivity index (χ2v) is 12.4. The van der Waals surface area contributed by atoms with Gasteiger partial charge >= 0.3 is 0 Å². The van der Waals surface area contributed by atoms with E-state index < -0.39 is 18.3 Å². The minimum atomic E-state index is -1.85. The first-order valence-electron chi connectivity index (χ1n) is 3.89. The molecule has 0 N–H and O–H groups in total. The van der Waals surface area contributed by atoms with Crippen molar-refractivity contribution in [2.75, 3.05) is 24.9 Å². The maximum absolute atomic E-state index is 11.2. The van der Waals surface area contributed by atoms with E-state index in [9.17, 15) is 4.21 Å². The topological polar surface area (TPSA) is 26.3 Å². The molecular formula is C7H20O2SSi. The van der Waals surface area contributed by atoms with Crippen LogP contribution in [0.5, 0.6) is 0 Å². The molecule has 70 valence electrons. The molecule has 0 fully saturated rings. The fourth-order valence-corrected chi connectivity index (χ4v) is 1.99. The SMILES string of the molecule is C[Si](C)(C)OCC[SH](C)(C)=O. The predicted molar refractivity (Wildman–Crippen MR) is 55.6 cm³/mol. The van der Waals surface area contributed by atoms with Gasteiger partial charge in [-0.15, -0.1) is 9.93 Å². The number of thiol groups is 1. The largest absolute Gasteiger partial charge is 0.417 e. The molecule has 0 atom stereocenters. The first-order valence-corrected chi connectivity index (χ1v) is 10.1. The molecule has 0 aliphatic rings. The fraction of sp³-hybridized carbons (Fsp3) is 1.00. The summed E-state index contributed by atoms with van der Waals surface area (Å²) in [6.07, 6.45) is 3.61. The summed E-state index contributed by atoms with van der Waals surface area (Å²) in [4.78, 5) is 0. The van der Waals surface area contributed by atoms with Crippen LogP contribution in [-0.4, -0.2) is 37.4 Å². The van der Waals surface area contributed by atoms with Crippen molar-refractivity contribution in [3.8, 4) is 0 Å². The van der Waals surface area contributed by atoms with Crippen LogP contribution < -0.4 is 0 Å². The highest BCUT2D eigenvalue weighted by Gasteiger charge is 2.14. The molecule has 0 aliphatic heterocycles. The number of hydrogen-bond donors (Lipinski definition) is 1. The van der Waals surface area contributed by atoms with Crippen LogP contribution in [0.4, 0.5) is 0 Å². The lowest BCUT2D eigenvalue weighted by Crippen LogP contribution is -2.29. The average Bonchev–Trinajstić information content (AvgIpc) is 1.55. The quantitative estimate of drug-likeness (QED) is 0.539. The molecule has 2 nitrogen and oxygen atoms in total. The van der Waals surface area contributed by atoms with E-state index in [1.807, 2.05) is 0 Å². The van der Waals surface area contributed by atoms with E-state index >= 15 is 0 Å². The Bertz CT molecular complexity index is 156. The van der Waals surface area contributed by atoms with Gasteiger partial charge in [-0.05, 0) is 32.2 Å². The molecule has 11 heavy (non-hydrogen) atoms. The van der Waals surface area contributed by atoms with E-state index in [1.54, 1.807) is 12.5 Å². The van der Waals surface area contributed by atoms with Crippen molar-refractivity contribution >= 4 is 18.3 Å². The molecular weight excluding hydrogens is 176 g/mol. The van der Waals surface area contributed by atoms with E-state index in [2.05, 4.69) is 19.6 Å². The van der Waals surface area contributed by atoms with Gasteiger partial charge in [0.1, 0.15) is 0 Å². The van der Waals surface area contributed by atoms with Gasteiger partial charge in [-0.1, -0.05) is 0 Å². The third-order valence-corrected chi connectivity index (χ3v) is 3.49. The van der Waals surface area contributed by atoms with Crippen molar-refractivity contribution in [1.82, 2.24) is 0 Å². The Balaban J connectivity index is 3.52. The van der Waals surface area contributed by atoms with Gasteiger partial charge in [0.2, 0.25) is 0 Å². The zero-order valence-corrected chi connectivity index (χ0v) is 10.1. The summed E-state index contributed by atoms with van der Waals surface area (Å²) < 4.78 is 16.8. The van der Waals surface area contributed by atoms with Gasteiger partial charge in [0.15, 0.2) is 8.32 Å². The number of rotatable bonds is 4. The summed E-state index contributed by atoms with van der Waals surface area (Å²) in [5.74, 6) is 0.720. The minimum absolute atomic E-state index is 0.667. The van der Waals surface area contributed by atoms with Gasteiger partial charge in [-0.3, -0.25) is 4.21 Å². The standard InChI is InChI=1S/C7H20O2SSi/c1-10(2,8)7-6-9-11(3,4)5/h10H,6-7H2,1-5H3. The molecule has 0 spiro atoms. The molecule has 0 aliphatic carbocycles. The van der Waals surface area contributed by atoms with Crippen molar-refractivity contribution in [2.45, 2.75) is 19.6 Å². The van der Waals surface area contributed by atoms with Crippen LogP contribution in [0.15, 0.2) is 0 Å². The maximum Gasteiger partial charge on any atom is 0.183 e. The monoisotopic (exact) mass is 196 g/mol. The van der Waals surface area contributed by atoms with E-state index in [1.165, 1.54) is 0 Å². The van der Waals surface area contributed by atoms with Crippen LogP contribution in [-0.2, 0) is 14.4 Å². The Morgan fingerprint density at radius 2 is 1.73 bits per heavy atom. The van der Waals surface area contributed by atoms with Crippen molar-refractivity contribution in [2.24, 2.45) is 0 Å². The van der Waals surface area contributed by atoms with Crippen LogP contribution in [0, 0.1) is 0 Å². The second kappa shape index (κ2) is 3.82. The molecule has 4 heteroatoms. The van der Waals surface area contributed by atoms with E-state index in [0.29, 0.717) is 6.61 Å². The van der Waals surface area contributed by atoms with Crippen molar-refractivity contribution in [3.05, 3.63) is 0 Å². The Morgan fingerprint density at radius 1 is 1.27 bits per heavy atom. The number of hydrogen-bond acceptors (Lipinski definition) is 2. The summed E-state index contributed by atoms with van der Waals surface area (Å²) in [6, 6.07) is 0. The van der Waals surface area contributed by atoms with E-state index in [4.69, 9.17) is 4.43 Å². The Labute approximate surface area is 71.9 Å². The first kappa shape index (κ1) is 11.3. The van der Waals surface area contributed by atoms with Crippen LogP contribution in [0.25, 0.3) is 0 Å². The highest BCUT2D eigenvalue weighted by Crippen LogP contribution is 2.03. The second-order valence-electron chi connectivity index (χ2n) is 4.26. The third-order valence-electron chi connectivity index (χ3n) is 1.16. The zero-order chi connectivity index (χ0) is 9.12. The maximum atomic E-state index is 11.2. The third kappa shape index (κ3) is 10.3. The Kier molecular flexibility index (Phi) is 3.94. The molecule has 0 aromatic rings. The molecule has 0 saturated heterocycles. The molecule has 0 bridgehead atoms. The van der Waals surface area contributed by atoms with Crippen molar-refractivity contribution in [3.63, 3.8) is 0 Å². The summed E-state index contributed by atoms with van der Waals surface area (Å²) in [7, 11) is -3.23. The lowest BCUT2D eigenvalue weighted by molar-refractivity contribution is 0.336. The molecule has 0 rings (SSSR count). The first-order chi connectivity index (χ1) is 4.71. The van der Waals surface area contributed by atoms with Gasteiger partial charge in [-0.25, -0.2) is 0 Å². The molecule has 0 unspecified atom stereocenters. The zero-order valence-electron chi connectivity index (χ0n) is 8.18. The fourth-order valence-electron chi connectivity index (χ4n) is 0.572. The highest BCUT2D eigenvalue weighted by molar-refractivity contribution is 8.01. The smallest absolute Gasteiger partial charge is 0.183 e. The minimum Gasteiger partial charge on any atom is -0.417 e. The lowest BCUT2D eigenvalue weighted by Gasteiger charge is -2.19. The van der Waals surface area contributed by atoms with Crippen LogP contribution >= 0.6 is 0 Å². The van der Waals surface area contributed by atoms with E-state index in [-0.39, 0.29) is 0 Å². The normalized spacial score (nSPS) is 15.0. The predicted octanol–water partition coefficient (Wildman–Crippen LogP) is 1.11. The molecule has 0 aromatic carbocycles. The molecule has 0 heterocycles. The van der Waals surface area contributed by atoms with Crippen molar-refractivity contribution < 1.29 is 8.63 Å². The highest BCUT2D eigenvalue weighted by atomic mass is 32.2. The summed E-state index contributed by atoms with van der Waals surface area (Å²) in [5, 5.41) is 0. The van der Waals surface area contributed by atoms with Crippen LogP contribution in [0.1, 0.15) is 0 Å². The molecule has 0 aromatic heterocycles. The lowest BCUT2D eigenvalue weighted by atomic mass is 10.9. The molecule has 0 amide bonds. The Morgan fingerprint density at radius 3 is 2.00 bits per heavy atom. The van der Waals surface area contributed by atoms with Crippen LogP contribution in [0.3, 0.4) is 0 Å².